The predicted molar refractivity (Wildman–Crippen MR) is 163 cm³/mol. The van der Waals surface area contributed by atoms with Crippen LogP contribution in [0.2, 0.25) is 5.15 Å². The predicted octanol–water partition coefficient (Wildman–Crippen LogP) is 4.88. The zero-order chi connectivity index (χ0) is 32.1. The van der Waals surface area contributed by atoms with Gasteiger partial charge in [0.25, 0.3) is 11.5 Å². The van der Waals surface area contributed by atoms with Crippen LogP contribution < -0.4 is 10.9 Å². The quantitative estimate of drug-likeness (QED) is 0.321. The van der Waals surface area contributed by atoms with Crippen molar-refractivity contribution in [3.8, 4) is 5.69 Å². The molecule has 2 aromatic heterocycles. The molecule has 13 heteroatoms. The van der Waals surface area contributed by atoms with Crippen molar-refractivity contribution in [1.82, 2.24) is 24.3 Å². The Morgan fingerprint density at radius 3 is 2.49 bits per heavy atom. The summed E-state index contributed by atoms with van der Waals surface area (Å²) in [5.74, 6) is -0.414. The number of fused-ring (bicyclic) bond motifs is 1. The van der Waals surface area contributed by atoms with Crippen LogP contribution in [0.15, 0.2) is 59.7 Å². The van der Waals surface area contributed by atoms with E-state index < -0.39 is 23.2 Å². The van der Waals surface area contributed by atoms with Gasteiger partial charge in [0.2, 0.25) is 0 Å². The van der Waals surface area contributed by atoms with Crippen LogP contribution in [0.4, 0.5) is 13.2 Å². The number of amides is 1. The number of halogens is 4. The molecule has 2 aliphatic rings. The zero-order valence-corrected chi connectivity index (χ0v) is 25.5. The standard InChI is InChI=1S/C32H33ClF3N5O4/c1-19-13-23(7-8-24(19)26-16-45-20(2)15-37-26)41-27(33)14-25-28(41)38-18-40(30(25)43)17-31(44)9-11-39(12-10-31)29(42)21-3-5-22(6-4-21)32(34,35)36/h3-8,13-14,18,20,26,37,44H,9-12,15-17H2,1-2H3/t20-,26-/m1/s1. The average molecular weight is 644 g/mol. The molecule has 2 N–H and O–H groups in total. The van der Waals surface area contributed by atoms with Gasteiger partial charge in [0, 0.05) is 30.9 Å². The Labute approximate surface area is 262 Å². The summed E-state index contributed by atoms with van der Waals surface area (Å²) in [7, 11) is 0. The number of hydrogen-bond acceptors (Lipinski definition) is 6. The van der Waals surface area contributed by atoms with Gasteiger partial charge >= 0.3 is 6.18 Å². The molecule has 1 amide bonds. The maximum atomic E-state index is 13.5. The molecule has 2 saturated heterocycles. The highest BCUT2D eigenvalue weighted by atomic mass is 35.5. The number of hydrogen-bond donors (Lipinski definition) is 2. The molecule has 0 spiro atoms. The fraction of sp³-hybridized carbons (Fsp3) is 0.406. The molecule has 4 heterocycles. The average Bonchev–Trinajstić information content (AvgIpc) is 3.35. The molecule has 2 aliphatic heterocycles. The van der Waals surface area contributed by atoms with Crippen molar-refractivity contribution in [3.63, 3.8) is 0 Å². The smallest absolute Gasteiger partial charge is 0.388 e. The Morgan fingerprint density at radius 2 is 1.87 bits per heavy atom. The molecule has 6 rings (SSSR count). The third-order valence-electron chi connectivity index (χ3n) is 8.73. The van der Waals surface area contributed by atoms with Crippen molar-refractivity contribution >= 4 is 28.5 Å². The van der Waals surface area contributed by atoms with Crippen LogP contribution in [0.3, 0.4) is 0 Å². The van der Waals surface area contributed by atoms with Gasteiger partial charge in [-0.3, -0.25) is 18.7 Å². The van der Waals surface area contributed by atoms with E-state index in [1.54, 1.807) is 10.6 Å². The number of ether oxygens (including phenoxy) is 1. The number of morpholine rings is 1. The normalized spacial score (nSPS) is 20.5. The molecule has 45 heavy (non-hydrogen) atoms. The lowest BCUT2D eigenvalue weighted by molar-refractivity contribution is -0.137. The SMILES string of the molecule is Cc1cc(-n2c(Cl)cc3c(=O)n(CC4(O)CCN(C(=O)c5ccc(C(F)(F)F)cc5)CC4)cnc32)ccc1[C@H]1CO[C@H](C)CN1. The van der Waals surface area contributed by atoms with Gasteiger partial charge < -0.3 is 20.1 Å². The van der Waals surface area contributed by atoms with Crippen molar-refractivity contribution < 1.29 is 27.8 Å². The molecule has 0 aliphatic carbocycles. The summed E-state index contributed by atoms with van der Waals surface area (Å²) in [5, 5.41) is 15.5. The first-order valence-electron chi connectivity index (χ1n) is 14.7. The van der Waals surface area contributed by atoms with Gasteiger partial charge in [-0.25, -0.2) is 4.98 Å². The minimum atomic E-state index is -4.49. The number of aromatic nitrogens is 3. The number of carbonyl (C=O) groups excluding carboxylic acids is 1. The number of rotatable bonds is 5. The molecule has 4 aromatic rings. The minimum Gasteiger partial charge on any atom is -0.388 e. The lowest BCUT2D eigenvalue weighted by atomic mass is 9.91. The molecule has 238 valence electrons. The summed E-state index contributed by atoms with van der Waals surface area (Å²) in [4.78, 5) is 32.5. The second kappa shape index (κ2) is 11.9. The summed E-state index contributed by atoms with van der Waals surface area (Å²) < 4.78 is 47.5. The van der Waals surface area contributed by atoms with Crippen LogP contribution >= 0.6 is 11.6 Å². The molecule has 0 unspecified atom stereocenters. The monoisotopic (exact) mass is 643 g/mol. The number of alkyl halides is 3. The Kier molecular flexibility index (Phi) is 8.27. The summed E-state index contributed by atoms with van der Waals surface area (Å²) in [6, 6.07) is 11.7. The molecule has 2 fully saturated rings. The summed E-state index contributed by atoms with van der Waals surface area (Å²) in [6.07, 6.45) is -2.58. The van der Waals surface area contributed by atoms with Crippen molar-refractivity contribution in [3.05, 3.63) is 92.6 Å². The molecule has 2 aromatic carbocycles. The van der Waals surface area contributed by atoms with Crippen LogP contribution in [-0.2, 0) is 17.5 Å². The summed E-state index contributed by atoms with van der Waals surface area (Å²) in [5.41, 5.74) is 0.978. The van der Waals surface area contributed by atoms with E-state index in [2.05, 4.69) is 10.3 Å². The van der Waals surface area contributed by atoms with Crippen LogP contribution in [-0.4, -0.2) is 68.0 Å². The molecular formula is C32H33ClF3N5O4. The Bertz CT molecular complexity index is 1790. The maximum Gasteiger partial charge on any atom is 0.416 e. The van der Waals surface area contributed by atoms with Gasteiger partial charge in [0.1, 0.15) is 11.5 Å². The number of aryl methyl sites for hydroxylation is 1. The number of likely N-dealkylation sites (tertiary alicyclic amines) is 1. The summed E-state index contributed by atoms with van der Waals surface area (Å²) >= 11 is 6.63. The van der Waals surface area contributed by atoms with E-state index >= 15 is 0 Å². The van der Waals surface area contributed by atoms with Gasteiger partial charge in [-0.1, -0.05) is 17.7 Å². The number of nitrogens with zero attached hydrogens (tertiary/aromatic N) is 4. The Balaban J connectivity index is 1.16. The van der Waals surface area contributed by atoms with E-state index in [4.69, 9.17) is 16.3 Å². The Hall–Kier alpha value is -3.71. The highest BCUT2D eigenvalue weighted by Gasteiger charge is 2.36. The van der Waals surface area contributed by atoms with Gasteiger partial charge in [0.15, 0.2) is 5.65 Å². The van der Waals surface area contributed by atoms with E-state index in [1.165, 1.54) is 15.8 Å². The number of benzene rings is 2. The van der Waals surface area contributed by atoms with Gasteiger partial charge in [-0.15, -0.1) is 0 Å². The first-order chi connectivity index (χ1) is 21.3. The molecule has 0 saturated carbocycles. The number of nitrogens with one attached hydrogen (secondary N) is 1. The fourth-order valence-electron chi connectivity index (χ4n) is 6.11. The van der Waals surface area contributed by atoms with Crippen molar-refractivity contribution in [2.45, 2.75) is 57.2 Å². The first kappa shape index (κ1) is 31.3. The van der Waals surface area contributed by atoms with Gasteiger partial charge in [-0.2, -0.15) is 13.2 Å². The minimum absolute atomic E-state index is 0.0389. The zero-order valence-electron chi connectivity index (χ0n) is 24.8. The maximum absolute atomic E-state index is 13.5. The number of piperidine rings is 1. The van der Waals surface area contributed by atoms with Gasteiger partial charge in [-0.05, 0) is 80.3 Å². The van der Waals surface area contributed by atoms with Crippen molar-refractivity contribution in [1.29, 1.82) is 0 Å². The fourth-order valence-corrected chi connectivity index (χ4v) is 6.39. The first-order valence-corrected chi connectivity index (χ1v) is 15.1. The second-order valence-electron chi connectivity index (χ2n) is 12.0. The number of carbonyl (C=O) groups is 1. The lowest BCUT2D eigenvalue weighted by Gasteiger charge is -2.38. The second-order valence-corrected chi connectivity index (χ2v) is 12.3. The molecule has 0 radical (unpaired) electrons. The van der Waals surface area contributed by atoms with Crippen LogP contribution in [0.25, 0.3) is 16.7 Å². The highest BCUT2D eigenvalue weighted by molar-refractivity contribution is 6.31. The molecule has 2 atom stereocenters. The Morgan fingerprint density at radius 1 is 1.16 bits per heavy atom. The van der Waals surface area contributed by atoms with E-state index in [9.17, 15) is 27.9 Å². The topological polar surface area (TPSA) is 102 Å². The van der Waals surface area contributed by atoms with Gasteiger partial charge in [0.05, 0.1) is 41.8 Å². The van der Waals surface area contributed by atoms with Crippen molar-refractivity contribution in [2.75, 3.05) is 26.2 Å². The number of aliphatic hydroxyl groups is 1. The highest BCUT2D eigenvalue weighted by Crippen LogP contribution is 2.31. The largest absolute Gasteiger partial charge is 0.416 e. The third kappa shape index (κ3) is 6.24. The van der Waals surface area contributed by atoms with Crippen LogP contribution in [0, 0.1) is 6.92 Å². The molecule has 0 bridgehead atoms. The molecular weight excluding hydrogens is 611 g/mol. The van der Waals surface area contributed by atoms with Crippen molar-refractivity contribution in [2.24, 2.45) is 0 Å². The summed E-state index contributed by atoms with van der Waals surface area (Å²) in [6.45, 7) is 5.71. The lowest BCUT2D eigenvalue weighted by Crippen LogP contribution is -2.49. The van der Waals surface area contributed by atoms with E-state index in [0.717, 1.165) is 47.6 Å². The van der Waals surface area contributed by atoms with E-state index in [1.807, 2.05) is 32.0 Å². The van der Waals surface area contributed by atoms with Crippen LogP contribution in [0.5, 0.6) is 0 Å². The molecule has 9 nitrogen and oxygen atoms in total. The third-order valence-corrected chi connectivity index (χ3v) is 9.01. The van der Waals surface area contributed by atoms with E-state index in [0.29, 0.717) is 22.8 Å². The van der Waals surface area contributed by atoms with Crippen LogP contribution in [0.1, 0.15) is 52.9 Å². The van der Waals surface area contributed by atoms with E-state index in [-0.39, 0.29) is 55.7 Å².